The zero-order valence-electron chi connectivity index (χ0n) is 8.13. The first-order chi connectivity index (χ1) is 7.78. The van der Waals surface area contributed by atoms with Crippen LogP contribution in [0.4, 0.5) is 0 Å². The number of ether oxygens (including phenoxy) is 1. The fourth-order valence-corrected chi connectivity index (χ4v) is 1.22. The molecule has 1 aromatic heterocycles. The maximum atomic E-state index is 10.5. The number of nitrogens with zero attached hydrogens (tertiary/aromatic N) is 2. The summed E-state index contributed by atoms with van der Waals surface area (Å²) in [5.74, 6) is 1.01. The summed E-state index contributed by atoms with van der Waals surface area (Å²) >= 11 is 5.73. The van der Waals surface area contributed by atoms with Crippen molar-refractivity contribution in [3.8, 4) is 11.6 Å². The molecule has 2 rings (SSSR count). The molecule has 0 N–H and O–H groups in total. The molecule has 0 fully saturated rings. The first kappa shape index (κ1) is 10.6. The lowest BCUT2D eigenvalue weighted by Crippen LogP contribution is -1.94. The molecule has 0 aliphatic heterocycles. The Balaban J connectivity index is 2.20. The number of carbonyl (C=O) groups is 1. The van der Waals surface area contributed by atoms with E-state index in [0.717, 1.165) is 0 Å². The summed E-state index contributed by atoms with van der Waals surface area (Å²) in [5.41, 5.74) is 0. The van der Waals surface area contributed by atoms with E-state index in [0.29, 0.717) is 22.9 Å². The van der Waals surface area contributed by atoms with Crippen molar-refractivity contribution >= 4 is 17.9 Å². The minimum atomic E-state index is 0.0893. The van der Waals surface area contributed by atoms with Gasteiger partial charge in [-0.2, -0.15) is 4.98 Å². The number of hydrogen-bond acceptors (Lipinski definition) is 4. The number of halogens is 1. The molecule has 0 aliphatic rings. The Labute approximate surface area is 96.9 Å². The minimum absolute atomic E-state index is 0.0893. The van der Waals surface area contributed by atoms with Gasteiger partial charge in [0.25, 0.3) is 0 Å². The van der Waals surface area contributed by atoms with E-state index in [2.05, 4.69) is 9.97 Å². The number of rotatable bonds is 3. The lowest BCUT2D eigenvalue weighted by atomic mass is 10.3. The molecule has 0 spiro atoms. The summed E-state index contributed by atoms with van der Waals surface area (Å²) < 4.78 is 5.41. The molecule has 1 aromatic carbocycles. The Bertz CT molecular complexity index is 500. The molecule has 16 heavy (non-hydrogen) atoms. The minimum Gasteiger partial charge on any atom is -0.439 e. The largest absolute Gasteiger partial charge is 0.439 e. The van der Waals surface area contributed by atoms with E-state index in [-0.39, 0.29) is 5.82 Å². The standard InChI is InChI=1S/C11H7ClN2O2/c12-8-1-3-9(4-2-8)16-11-5-6-13-10(7-15)14-11/h1-7H. The van der Waals surface area contributed by atoms with Crippen LogP contribution in [0.1, 0.15) is 10.6 Å². The number of hydrogen-bond donors (Lipinski definition) is 0. The molecule has 5 heteroatoms. The molecule has 0 bridgehead atoms. The van der Waals surface area contributed by atoms with Gasteiger partial charge in [-0.1, -0.05) is 11.6 Å². The molecule has 80 valence electrons. The van der Waals surface area contributed by atoms with Gasteiger partial charge in [-0.05, 0) is 24.3 Å². The third-order valence-electron chi connectivity index (χ3n) is 1.79. The Morgan fingerprint density at radius 1 is 1.19 bits per heavy atom. The Morgan fingerprint density at radius 2 is 1.94 bits per heavy atom. The second-order valence-electron chi connectivity index (χ2n) is 2.93. The van der Waals surface area contributed by atoms with Crippen LogP contribution in [-0.2, 0) is 0 Å². The third-order valence-corrected chi connectivity index (χ3v) is 2.04. The monoisotopic (exact) mass is 234 g/mol. The van der Waals surface area contributed by atoms with Gasteiger partial charge in [-0.3, -0.25) is 4.79 Å². The van der Waals surface area contributed by atoms with Gasteiger partial charge in [0.1, 0.15) is 5.75 Å². The van der Waals surface area contributed by atoms with Gasteiger partial charge >= 0.3 is 0 Å². The normalized spacial score (nSPS) is 9.81. The average Bonchev–Trinajstić information content (AvgIpc) is 2.32. The van der Waals surface area contributed by atoms with E-state index in [1.54, 1.807) is 30.3 Å². The fraction of sp³-hybridized carbons (Fsp3) is 0. The third kappa shape index (κ3) is 2.55. The van der Waals surface area contributed by atoms with Crippen molar-refractivity contribution < 1.29 is 9.53 Å². The molecule has 0 atom stereocenters. The molecule has 0 unspecified atom stereocenters. The Morgan fingerprint density at radius 3 is 2.62 bits per heavy atom. The highest BCUT2D eigenvalue weighted by molar-refractivity contribution is 6.30. The second-order valence-corrected chi connectivity index (χ2v) is 3.36. The van der Waals surface area contributed by atoms with Gasteiger partial charge in [0.05, 0.1) is 0 Å². The van der Waals surface area contributed by atoms with Crippen LogP contribution < -0.4 is 4.74 Å². The van der Waals surface area contributed by atoms with Crippen LogP contribution in [0, 0.1) is 0 Å². The first-order valence-corrected chi connectivity index (χ1v) is 4.87. The molecule has 0 aliphatic carbocycles. The maximum absolute atomic E-state index is 10.5. The second kappa shape index (κ2) is 4.72. The summed E-state index contributed by atoms with van der Waals surface area (Å²) in [6, 6.07) is 8.41. The topological polar surface area (TPSA) is 52.1 Å². The van der Waals surface area contributed by atoms with E-state index in [1.165, 1.54) is 6.20 Å². The van der Waals surface area contributed by atoms with Gasteiger partial charge in [-0.25, -0.2) is 4.98 Å². The first-order valence-electron chi connectivity index (χ1n) is 4.49. The molecule has 0 radical (unpaired) electrons. The number of aromatic nitrogens is 2. The van der Waals surface area contributed by atoms with Crippen molar-refractivity contribution in [2.45, 2.75) is 0 Å². The van der Waals surface area contributed by atoms with Crippen molar-refractivity contribution in [1.29, 1.82) is 0 Å². The molecular formula is C11H7ClN2O2. The van der Waals surface area contributed by atoms with Crippen LogP contribution in [0.15, 0.2) is 36.5 Å². The summed E-state index contributed by atoms with van der Waals surface area (Å²) in [6.45, 7) is 0. The zero-order chi connectivity index (χ0) is 11.4. The van der Waals surface area contributed by atoms with Gasteiger partial charge in [-0.15, -0.1) is 0 Å². The van der Waals surface area contributed by atoms with Gasteiger partial charge in [0.15, 0.2) is 12.1 Å². The number of aldehydes is 1. The van der Waals surface area contributed by atoms with Gasteiger partial charge in [0.2, 0.25) is 5.88 Å². The molecule has 4 nitrogen and oxygen atoms in total. The number of carbonyl (C=O) groups excluding carboxylic acids is 1. The molecule has 0 saturated heterocycles. The zero-order valence-corrected chi connectivity index (χ0v) is 8.89. The van der Waals surface area contributed by atoms with Crippen LogP contribution in [0.25, 0.3) is 0 Å². The van der Waals surface area contributed by atoms with Crippen molar-refractivity contribution in [3.63, 3.8) is 0 Å². The number of benzene rings is 1. The molecule has 0 saturated carbocycles. The molecule has 2 aromatic rings. The lowest BCUT2D eigenvalue weighted by molar-refractivity contribution is 0.111. The maximum Gasteiger partial charge on any atom is 0.222 e. The summed E-state index contributed by atoms with van der Waals surface area (Å²) in [7, 11) is 0. The summed E-state index contributed by atoms with van der Waals surface area (Å²) in [6.07, 6.45) is 2.02. The van der Waals surface area contributed by atoms with Crippen molar-refractivity contribution in [2.75, 3.05) is 0 Å². The van der Waals surface area contributed by atoms with Crippen LogP contribution in [-0.4, -0.2) is 16.3 Å². The Kier molecular flexibility index (Phi) is 3.12. The van der Waals surface area contributed by atoms with Crippen molar-refractivity contribution in [1.82, 2.24) is 9.97 Å². The van der Waals surface area contributed by atoms with E-state index in [1.807, 2.05) is 0 Å². The van der Waals surface area contributed by atoms with E-state index < -0.39 is 0 Å². The highest BCUT2D eigenvalue weighted by Crippen LogP contribution is 2.20. The van der Waals surface area contributed by atoms with Crippen molar-refractivity contribution in [3.05, 3.63) is 47.4 Å². The van der Waals surface area contributed by atoms with Crippen LogP contribution in [0.2, 0.25) is 5.02 Å². The highest BCUT2D eigenvalue weighted by atomic mass is 35.5. The fourth-order valence-electron chi connectivity index (χ4n) is 1.09. The smallest absolute Gasteiger partial charge is 0.222 e. The SMILES string of the molecule is O=Cc1nccc(Oc2ccc(Cl)cc2)n1. The molecular weight excluding hydrogens is 228 g/mol. The average molecular weight is 235 g/mol. The van der Waals surface area contributed by atoms with Gasteiger partial charge in [0, 0.05) is 17.3 Å². The highest BCUT2D eigenvalue weighted by Gasteiger charge is 2.00. The van der Waals surface area contributed by atoms with Crippen molar-refractivity contribution in [2.24, 2.45) is 0 Å². The summed E-state index contributed by atoms with van der Waals surface area (Å²) in [4.78, 5) is 18.1. The van der Waals surface area contributed by atoms with E-state index >= 15 is 0 Å². The quantitative estimate of drug-likeness (QED) is 0.767. The van der Waals surface area contributed by atoms with Crippen LogP contribution >= 0.6 is 11.6 Å². The van der Waals surface area contributed by atoms with E-state index in [4.69, 9.17) is 16.3 Å². The van der Waals surface area contributed by atoms with Crippen LogP contribution in [0.3, 0.4) is 0 Å². The predicted octanol–water partition coefficient (Wildman–Crippen LogP) is 2.73. The van der Waals surface area contributed by atoms with Gasteiger partial charge < -0.3 is 4.74 Å². The predicted molar refractivity (Wildman–Crippen MR) is 58.9 cm³/mol. The summed E-state index contributed by atoms with van der Waals surface area (Å²) in [5, 5.41) is 0.628. The lowest BCUT2D eigenvalue weighted by Gasteiger charge is -2.03. The molecule has 1 heterocycles. The van der Waals surface area contributed by atoms with E-state index in [9.17, 15) is 4.79 Å². The Hall–Kier alpha value is -1.94. The molecule has 0 amide bonds. The van der Waals surface area contributed by atoms with Crippen LogP contribution in [0.5, 0.6) is 11.6 Å².